The minimum absolute atomic E-state index is 0.0838. The molecule has 0 aliphatic rings. The molecule has 0 aliphatic carbocycles. The first kappa shape index (κ1) is 14.6. The molecule has 0 bridgehead atoms. The Bertz CT molecular complexity index is 306. The van der Waals surface area contributed by atoms with Crippen molar-refractivity contribution in [2.24, 2.45) is 11.3 Å². The number of nitrogens with one attached hydrogen (secondary N) is 1. The summed E-state index contributed by atoms with van der Waals surface area (Å²) in [6, 6.07) is 2.34. The standard InChI is InChI=1S/C13H24N2OS/c1-13(2,3)12(16-4)11(15-14)6-5-10-7-8-17-9-10/h7-9,11-12,15H,5-6,14H2,1-4H3. The second kappa shape index (κ2) is 6.50. The van der Waals surface area contributed by atoms with Gasteiger partial charge in [0.25, 0.3) is 0 Å². The Hall–Kier alpha value is -0.420. The van der Waals surface area contributed by atoms with Crippen molar-refractivity contribution in [1.82, 2.24) is 5.43 Å². The highest BCUT2D eigenvalue weighted by Gasteiger charge is 2.31. The maximum absolute atomic E-state index is 5.66. The summed E-state index contributed by atoms with van der Waals surface area (Å²) in [6.07, 6.45) is 2.14. The average Bonchev–Trinajstić information content (AvgIpc) is 2.74. The second-order valence-electron chi connectivity index (χ2n) is 5.47. The van der Waals surface area contributed by atoms with Gasteiger partial charge in [-0.1, -0.05) is 20.8 Å². The molecular weight excluding hydrogens is 232 g/mol. The van der Waals surface area contributed by atoms with Gasteiger partial charge in [-0.15, -0.1) is 0 Å². The SMILES string of the molecule is COC(C(CCc1ccsc1)NN)C(C)(C)C. The third-order valence-electron chi connectivity index (χ3n) is 3.01. The van der Waals surface area contributed by atoms with Crippen LogP contribution in [0.25, 0.3) is 0 Å². The van der Waals surface area contributed by atoms with Crippen LogP contribution in [0.15, 0.2) is 16.8 Å². The van der Waals surface area contributed by atoms with Crippen molar-refractivity contribution in [3.05, 3.63) is 22.4 Å². The number of aryl methyl sites for hydroxylation is 1. The van der Waals surface area contributed by atoms with Crippen molar-refractivity contribution >= 4 is 11.3 Å². The Morgan fingerprint density at radius 2 is 2.18 bits per heavy atom. The van der Waals surface area contributed by atoms with E-state index in [-0.39, 0.29) is 17.6 Å². The number of thiophene rings is 1. The number of rotatable bonds is 6. The molecule has 17 heavy (non-hydrogen) atoms. The number of nitrogens with two attached hydrogens (primary N) is 1. The molecule has 3 N–H and O–H groups in total. The number of hydrogen-bond donors (Lipinski definition) is 2. The van der Waals surface area contributed by atoms with E-state index in [1.165, 1.54) is 5.56 Å². The van der Waals surface area contributed by atoms with Crippen molar-refractivity contribution in [2.45, 2.75) is 45.8 Å². The second-order valence-corrected chi connectivity index (χ2v) is 6.25. The van der Waals surface area contributed by atoms with Crippen molar-refractivity contribution < 1.29 is 4.74 Å². The first-order valence-electron chi connectivity index (χ1n) is 5.99. The zero-order chi connectivity index (χ0) is 12.9. The number of ether oxygens (including phenoxy) is 1. The molecule has 98 valence electrons. The summed E-state index contributed by atoms with van der Waals surface area (Å²) in [5.74, 6) is 5.66. The smallest absolute Gasteiger partial charge is 0.0785 e. The molecule has 0 spiro atoms. The summed E-state index contributed by atoms with van der Waals surface area (Å²) in [7, 11) is 1.75. The van der Waals surface area contributed by atoms with E-state index >= 15 is 0 Å². The highest BCUT2D eigenvalue weighted by atomic mass is 32.1. The third kappa shape index (κ3) is 4.39. The summed E-state index contributed by atoms with van der Waals surface area (Å²) in [6.45, 7) is 6.53. The van der Waals surface area contributed by atoms with E-state index < -0.39 is 0 Å². The predicted octanol–water partition coefficient (Wildman–Crippen LogP) is 2.57. The van der Waals surface area contributed by atoms with E-state index in [0.29, 0.717) is 0 Å². The maximum atomic E-state index is 5.66. The Morgan fingerprint density at radius 1 is 1.47 bits per heavy atom. The Morgan fingerprint density at radius 3 is 2.59 bits per heavy atom. The van der Waals surface area contributed by atoms with Gasteiger partial charge < -0.3 is 4.74 Å². The monoisotopic (exact) mass is 256 g/mol. The molecule has 4 heteroatoms. The molecule has 1 aromatic rings. The normalized spacial score (nSPS) is 15.8. The van der Waals surface area contributed by atoms with Gasteiger partial charge in [0.1, 0.15) is 0 Å². The average molecular weight is 256 g/mol. The molecule has 0 aliphatic heterocycles. The van der Waals surface area contributed by atoms with E-state index in [1.54, 1.807) is 18.4 Å². The first-order chi connectivity index (χ1) is 7.99. The fourth-order valence-corrected chi connectivity index (χ4v) is 2.90. The molecular formula is C13H24N2OS. The number of methoxy groups -OCH3 is 1. The van der Waals surface area contributed by atoms with Crippen LogP contribution in [0.5, 0.6) is 0 Å². The minimum Gasteiger partial charge on any atom is -0.379 e. The van der Waals surface area contributed by atoms with Crippen LogP contribution < -0.4 is 11.3 Å². The summed E-state index contributed by atoms with van der Waals surface area (Å²) < 4.78 is 5.60. The van der Waals surface area contributed by atoms with Crippen molar-refractivity contribution in [3.63, 3.8) is 0 Å². The van der Waals surface area contributed by atoms with Crippen LogP contribution in [0.1, 0.15) is 32.8 Å². The predicted molar refractivity (Wildman–Crippen MR) is 74.0 cm³/mol. The summed E-state index contributed by atoms with van der Waals surface area (Å²) >= 11 is 1.74. The highest BCUT2D eigenvalue weighted by molar-refractivity contribution is 7.07. The van der Waals surface area contributed by atoms with Crippen LogP contribution in [0.2, 0.25) is 0 Å². The molecule has 1 aromatic heterocycles. The number of hydrogen-bond acceptors (Lipinski definition) is 4. The van der Waals surface area contributed by atoms with E-state index in [9.17, 15) is 0 Å². The molecule has 1 heterocycles. The van der Waals surface area contributed by atoms with Gasteiger partial charge in [0, 0.05) is 13.2 Å². The molecule has 0 saturated carbocycles. The van der Waals surface area contributed by atoms with Gasteiger partial charge in [0.2, 0.25) is 0 Å². The van der Waals surface area contributed by atoms with Gasteiger partial charge in [-0.2, -0.15) is 11.3 Å². The van der Waals surface area contributed by atoms with E-state index in [2.05, 4.69) is 43.0 Å². The number of hydrazine groups is 1. The zero-order valence-corrected chi connectivity index (χ0v) is 12.0. The van der Waals surface area contributed by atoms with Gasteiger partial charge in [-0.25, -0.2) is 0 Å². The zero-order valence-electron chi connectivity index (χ0n) is 11.2. The van der Waals surface area contributed by atoms with Crippen molar-refractivity contribution in [3.8, 4) is 0 Å². The molecule has 2 atom stereocenters. The van der Waals surface area contributed by atoms with Gasteiger partial charge in [0.05, 0.1) is 6.10 Å². The quantitative estimate of drug-likeness (QED) is 0.607. The molecule has 0 fully saturated rings. The van der Waals surface area contributed by atoms with Crippen LogP contribution in [0, 0.1) is 5.41 Å². The van der Waals surface area contributed by atoms with Gasteiger partial charge in [-0.05, 0) is 40.6 Å². The van der Waals surface area contributed by atoms with Crippen LogP contribution in [-0.2, 0) is 11.2 Å². The lowest BCUT2D eigenvalue weighted by Crippen LogP contribution is -2.50. The third-order valence-corrected chi connectivity index (χ3v) is 3.74. The maximum Gasteiger partial charge on any atom is 0.0785 e. The molecule has 1 rings (SSSR count). The van der Waals surface area contributed by atoms with Gasteiger partial charge in [-0.3, -0.25) is 11.3 Å². The van der Waals surface area contributed by atoms with Crippen LogP contribution >= 0.6 is 11.3 Å². The summed E-state index contributed by atoms with van der Waals surface area (Å²) in [5.41, 5.74) is 4.36. The molecule has 0 radical (unpaired) electrons. The van der Waals surface area contributed by atoms with Crippen molar-refractivity contribution in [1.29, 1.82) is 0 Å². The lowest BCUT2D eigenvalue weighted by molar-refractivity contribution is -0.0130. The summed E-state index contributed by atoms with van der Waals surface area (Å²) in [4.78, 5) is 0. The first-order valence-corrected chi connectivity index (χ1v) is 6.93. The van der Waals surface area contributed by atoms with E-state index in [0.717, 1.165) is 12.8 Å². The lowest BCUT2D eigenvalue weighted by atomic mass is 9.83. The topological polar surface area (TPSA) is 47.3 Å². The summed E-state index contributed by atoms with van der Waals surface area (Å²) in [5, 5.41) is 4.30. The fraction of sp³-hybridized carbons (Fsp3) is 0.692. The van der Waals surface area contributed by atoms with Crippen LogP contribution in [-0.4, -0.2) is 19.3 Å². The molecule has 0 saturated heterocycles. The van der Waals surface area contributed by atoms with Gasteiger partial charge >= 0.3 is 0 Å². The highest BCUT2D eigenvalue weighted by Crippen LogP contribution is 2.26. The minimum atomic E-state index is 0.0838. The Balaban J connectivity index is 2.57. The van der Waals surface area contributed by atoms with Crippen molar-refractivity contribution in [2.75, 3.05) is 7.11 Å². The largest absolute Gasteiger partial charge is 0.379 e. The molecule has 3 nitrogen and oxygen atoms in total. The fourth-order valence-electron chi connectivity index (χ4n) is 2.20. The van der Waals surface area contributed by atoms with Gasteiger partial charge in [0.15, 0.2) is 0 Å². The lowest BCUT2D eigenvalue weighted by Gasteiger charge is -2.35. The van der Waals surface area contributed by atoms with Crippen LogP contribution in [0.4, 0.5) is 0 Å². The molecule has 2 unspecified atom stereocenters. The molecule has 0 aromatic carbocycles. The molecule has 0 amide bonds. The Kier molecular flexibility index (Phi) is 5.59. The van der Waals surface area contributed by atoms with E-state index in [4.69, 9.17) is 10.6 Å². The Labute approximate surface area is 108 Å². The van der Waals surface area contributed by atoms with Crippen LogP contribution in [0.3, 0.4) is 0 Å². The van der Waals surface area contributed by atoms with E-state index in [1.807, 2.05) is 0 Å².